The van der Waals surface area contributed by atoms with Crippen LogP contribution < -0.4 is 5.32 Å². The molecule has 3 rings (SSSR count). The molecule has 1 aromatic carbocycles. The minimum atomic E-state index is -1.15. The lowest BCUT2D eigenvalue weighted by Gasteiger charge is -2.43. The fourth-order valence-electron chi connectivity index (χ4n) is 3.16. The number of benzene rings is 1. The molecule has 1 aromatic rings. The van der Waals surface area contributed by atoms with E-state index in [0.717, 1.165) is 0 Å². The quantitative estimate of drug-likeness (QED) is 0.556. The van der Waals surface area contributed by atoms with Crippen molar-refractivity contribution in [2.75, 3.05) is 6.61 Å². The highest BCUT2D eigenvalue weighted by molar-refractivity contribution is 8.00. The average Bonchev–Trinajstić information content (AvgIpc) is 2.96. The van der Waals surface area contributed by atoms with Crippen LogP contribution in [0.1, 0.15) is 22.8 Å². The Morgan fingerprint density at radius 1 is 1.30 bits per heavy atom. The van der Waals surface area contributed by atoms with E-state index in [-0.39, 0.29) is 12.0 Å². The zero-order chi connectivity index (χ0) is 19.7. The van der Waals surface area contributed by atoms with Crippen LogP contribution in [-0.2, 0) is 25.5 Å². The lowest BCUT2D eigenvalue weighted by molar-refractivity contribution is -0.163. The van der Waals surface area contributed by atoms with Gasteiger partial charge in [-0.3, -0.25) is 9.59 Å². The number of carboxylic acids is 2. The normalized spacial score (nSPS) is 26.3. The van der Waals surface area contributed by atoms with Crippen molar-refractivity contribution in [1.82, 2.24) is 10.2 Å². The summed E-state index contributed by atoms with van der Waals surface area (Å²) >= 11 is 1.20. The van der Waals surface area contributed by atoms with Crippen LogP contribution in [0.2, 0.25) is 0 Å². The summed E-state index contributed by atoms with van der Waals surface area (Å²) < 4.78 is 5.41. The van der Waals surface area contributed by atoms with E-state index in [1.807, 2.05) is 0 Å². The molecule has 2 saturated heterocycles. The van der Waals surface area contributed by atoms with Crippen LogP contribution in [0.15, 0.2) is 24.3 Å². The standard InChI is InChI=1S/C17H18N2O7S/c1-2-26-17-12(16(24)25)19-13(21)11(14(19)27-17)18-10(20)7-8-4-3-5-9(6-8)15(22)23/h3-6,11-12,14,17H,2,7H2,1H3,(H,18,20)(H,22,23)(H,24,25)/t11?,12?,14-,17+/m1/s1. The van der Waals surface area contributed by atoms with E-state index in [4.69, 9.17) is 9.84 Å². The van der Waals surface area contributed by atoms with Crippen molar-refractivity contribution in [2.24, 2.45) is 0 Å². The van der Waals surface area contributed by atoms with Crippen LogP contribution in [0.3, 0.4) is 0 Å². The Labute approximate surface area is 158 Å². The van der Waals surface area contributed by atoms with Crippen LogP contribution in [0, 0.1) is 0 Å². The van der Waals surface area contributed by atoms with Crippen LogP contribution in [-0.4, -0.2) is 68.4 Å². The van der Waals surface area contributed by atoms with Gasteiger partial charge in [0.05, 0.1) is 12.0 Å². The second-order valence-electron chi connectivity index (χ2n) is 6.11. The number of thioether (sulfide) groups is 1. The predicted octanol–water partition coefficient (Wildman–Crippen LogP) is 0.143. The van der Waals surface area contributed by atoms with E-state index in [1.54, 1.807) is 19.1 Å². The zero-order valence-corrected chi connectivity index (χ0v) is 15.1. The van der Waals surface area contributed by atoms with Crippen molar-refractivity contribution >= 4 is 35.5 Å². The number of carboxylic acid groups (broad SMARTS) is 2. The largest absolute Gasteiger partial charge is 0.480 e. The second kappa shape index (κ2) is 7.57. The van der Waals surface area contributed by atoms with E-state index in [1.165, 1.54) is 28.8 Å². The maximum atomic E-state index is 12.3. The lowest BCUT2D eigenvalue weighted by atomic mass is 10.0. The van der Waals surface area contributed by atoms with Crippen LogP contribution in [0.25, 0.3) is 0 Å². The van der Waals surface area contributed by atoms with Gasteiger partial charge >= 0.3 is 11.9 Å². The summed E-state index contributed by atoms with van der Waals surface area (Å²) in [6.07, 6.45) is -0.0838. The molecule has 2 aliphatic heterocycles. The number of β-lactam (4-membered cyclic amide) rings is 1. The summed E-state index contributed by atoms with van der Waals surface area (Å²) in [5.74, 6) is -3.14. The number of hydrogen-bond acceptors (Lipinski definition) is 6. The third-order valence-corrected chi connectivity index (χ3v) is 5.79. The average molecular weight is 394 g/mol. The Morgan fingerprint density at radius 2 is 2.04 bits per heavy atom. The molecule has 144 valence electrons. The van der Waals surface area contributed by atoms with Gasteiger partial charge in [-0.05, 0) is 24.6 Å². The molecule has 2 heterocycles. The molecule has 0 spiro atoms. The van der Waals surface area contributed by atoms with Gasteiger partial charge in [-0.25, -0.2) is 9.59 Å². The number of aromatic carboxylic acids is 1. The van der Waals surface area contributed by atoms with E-state index >= 15 is 0 Å². The first-order valence-corrected chi connectivity index (χ1v) is 9.21. The molecule has 4 atom stereocenters. The van der Waals surface area contributed by atoms with Gasteiger partial charge in [0.1, 0.15) is 16.9 Å². The number of fused-ring (bicyclic) bond motifs is 1. The first-order valence-electron chi connectivity index (χ1n) is 8.27. The van der Waals surface area contributed by atoms with Crippen molar-refractivity contribution < 1.29 is 34.1 Å². The number of amides is 2. The third kappa shape index (κ3) is 3.62. The summed E-state index contributed by atoms with van der Waals surface area (Å²) in [4.78, 5) is 48.3. The molecule has 0 bridgehead atoms. The smallest absolute Gasteiger partial charge is 0.335 e. The molecular weight excluding hydrogens is 376 g/mol. The molecule has 27 heavy (non-hydrogen) atoms. The zero-order valence-electron chi connectivity index (χ0n) is 14.3. The topological polar surface area (TPSA) is 133 Å². The molecule has 2 amide bonds. The fraction of sp³-hybridized carbons (Fsp3) is 0.412. The molecule has 3 N–H and O–H groups in total. The van der Waals surface area contributed by atoms with Gasteiger partial charge in [-0.1, -0.05) is 23.9 Å². The van der Waals surface area contributed by atoms with Crippen molar-refractivity contribution in [1.29, 1.82) is 0 Å². The van der Waals surface area contributed by atoms with Crippen molar-refractivity contribution in [3.63, 3.8) is 0 Å². The molecule has 2 unspecified atom stereocenters. The lowest BCUT2D eigenvalue weighted by Crippen LogP contribution is -2.70. The highest BCUT2D eigenvalue weighted by Crippen LogP contribution is 2.44. The van der Waals surface area contributed by atoms with Gasteiger partial charge in [-0.15, -0.1) is 0 Å². The molecule has 2 fully saturated rings. The highest BCUT2D eigenvalue weighted by Gasteiger charge is 2.61. The number of rotatable bonds is 7. The summed E-state index contributed by atoms with van der Waals surface area (Å²) in [5, 5.41) is 20.5. The summed E-state index contributed by atoms with van der Waals surface area (Å²) in [6, 6.07) is 4.08. The maximum Gasteiger partial charge on any atom is 0.335 e. The summed E-state index contributed by atoms with van der Waals surface area (Å²) in [6.45, 7) is 2.05. The van der Waals surface area contributed by atoms with Crippen molar-refractivity contribution in [3.05, 3.63) is 35.4 Å². The number of ether oxygens (including phenoxy) is 1. The SMILES string of the molecule is CCO[C@H]1S[C@@H]2C(NC(=O)Cc3cccc(C(=O)O)c3)C(=O)N2C1C(=O)O. The molecule has 0 radical (unpaired) electrons. The van der Waals surface area contributed by atoms with Crippen molar-refractivity contribution in [3.8, 4) is 0 Å². The van der Waals surface area contributed by atoms with Crippen LogP contribution >= 0.6 is 11.8 Å². The van der Waals surface area contributed by atoms with Gasteiger partial charge < -0.3 is 25.2 Å². The molecule has 9 nitrogen and oxygen atoms in total. The Balaban J connectivity index is 1.64. The third-order valence-electron chi connectivity index (χ3n) is 4.35. The molecular formula is C17H18N2O7S. The number of aliphatic carboxylic acids is 1. The first kappa shape index (κ1) is 19.2. The number of carbonyl (C=O) groups excluding carboxylic acids is 2. The number of nitrogens with zero attached hydrogens (tertiary/aromatic N) is 1. The monoisotopic (exact) mass is 394 g/mol. The van der Waals surface area contributed by atoms with Gasteiger partial charge in [0.2, 0.25) is 11.8 Å². The fourth-order valence-corrected chi connectivity index (χ4v) is 4.75. The predicted molar refractivity (Wildman–Crippen MR) is 94.1 cm³/mol. The molecule has 0 aromatic heterocycles. The molecule has 2 aliphatic rings. The van der Waals surface area contributed by atoms with Gasteiger partial charge in [0.25, 0.3) is 0 Å². The second-order valence-corrected chi connectivity index (χ2v) is 7.33. The van der Waals surface area contributed by atoms with Crippen LogP contribution in [0.5, 0.6) is 0 Å². The van der Waals surface area contributed by atoms with Gasteiger partial charge in [-0.2, -0.15) is 0 Å². The molecule has 10 heteroatoms. The highest BCUT2D eigenvalue weighted by atomic mass is 32.2. The Hall–Kier alpha value is -2.59. The van der Waals surface area contributed by atoms with Crippen LogP contribution in [0.4, 0.5) is 0 Å². The summed E-state index contributed by atoms with van der Waals surface area (Å²) in [7, 11) is 0. The minimum absolute atomic E-state index is 0.0707. The van der Waals surface area contributed by atoms with Gasteiger partial charge in [0.15, 0.2) is 6.04 Å². The summed E-state index contributed by atoms with van der Waals surface area (Å²) in [5.41, 5.74) is -0.109. The Bertz CT molecular complexity index is 799. The number of carbonyl (C=O) groups is 4. The van der Waals surface area contributed by atoms with E-state index < -0.39 is 46.6 Å². The first-order chi connectivity index (χ1) is 12.8. The molecule has 0 saturated carbocycles. The van der Waals surface area contributed by atoms with E-state index in [0.29, 0.717) is 12.2 Å². The number of nitrogens with one attached hydrogen (secondary N) is 1. The van der Waals surface area contributed by atoms with Crippen molar-refractivity contribution in [2.45, 2.75) is 36.2 Å². The Morgan fingerprint density at radius 3 is 2.67 bits per heavy atom. The number of hydrogen-bond donors (Lipinski definition) is 3. The maximum absolute atomic E-state index is 12.3. The molecule has 0 aliphatic carbocycles. The van der Waals surface area contributed by atoms with E-state index in [2.05, 4.69) is 5.32 Å². The minimum Gasteiger partial charge on any atom is -0.480 e. The van der Waals surface area contributed by atoms with E-state index in [9.17, 15) is 24.3 Å². The van der Waals surface area contributed by atoms with Gasteiger partial charge in [0, 0.05) is 6.61 Å². The Kier molecular flexibility index (Phi) is 5.38.